The van der Waals surface area contributed by atoms with Crippen LogP contribution >= 0.6 is 0 Å². The Hall–Kier alpha value is -2.08. The molecule has 0 heterocycles. The summed E-state index contributed by atoms with van der Waals surface area (Å²) in [6.07, 6.45) is 1.09. The van der Waals surface area contributed by atoms with Gasteiger partial charge in [0.25, 0.3) is 0 Å². The quantitative estimate of drug-likeness (QED) is 0.424. The van der Waals surface area contributed by atoms with Gasteiger partial charge < -0.3 is 20.4 Å². The number of aliphatic imine (C=N–C) groups is 1. The molecule has 0 aliphatic carbocycles. The van der Waals surface area contributed by atoms with E-state index in [2.05, 4.69) is 4.99 Å². The van der Waals surface area contributed by atoms with Gasteiger partial charge in [-0.3, -0.25) is 4.99 Å². The van der Waals surface area contributed by atoms with E-state index in [0.29, 0.717) is 0 Å². The molecule has 0 saturated carbocycles. The second kappa shape index (κ2) is 5.13. The van der Waals surface area contributed by atoms with Gasteiger partial charge in [0.15, 0.2) is 6.04 Å². The molecule has 0 saturated heterocycles. The molecule has 1 atom stereocenters. The number of aliphatic hydroxyl groups is 1. The van der Waals surface area contributed by atoms with Crippen LogP contribution in [0.2, 0.25) is 0 Å². The van der Waals surface area contributed by atoms with E-state index in [1.165, 1.54) is 18.2 Å². The highest BCUT2D eigenvalue weighted by Gasteiger charge is 2.13. The number of hydrogen-bond donors (Lipinski definition) is 4. The summed E-state index contributed by atoms with van der Waals surface area (Å²) in [7, 11) is 0. The van der Waals surface area contributed by atoms with Crippen molar-refractivity contribution in [3.05, 3.63) is 23.8 Å². The first-order chi connectivity index (χ1) is 7.54. The van der Waals surface area contributed by atoms with Gasteiger partial charge in [0.1, 0.15) is 11.5 Å². The fourth-order valence-electron chi connectivity index (χ4n) is 1.00. The number of hydrogen-bond acceptors (Lipinski definition) is 5. The lowest BCUT2D eigenvalue weighted by Gasteiger charge is -2.03. The summed E-state index contributed by atoms with van der Waals surface area (Å²) in [5.41, 5.74) is 0.180. The molecule has 0 spiro atoms. The van der Waals surface area contributed by atoms with E-state index in [4.69, 9.17) is 15.3 Å². The van der Waals surface area contributed by atoms with Crippen molar-refractivity contribution < 1.29 is 25.2 Å². The van der Waals surface area contributed by atoms with Crippen molar-refractivity contribution in [3.63, 3.8) is 0 Å². The summed E-state index contributed by atoms with van der Waals surface area (Å²) in [5.74, 6) is -1.47. The first kappa shape index (κ1) is 12.0. The zero-order valence-corrected chi connectivity index (χ0v) is 8.24. The molecule has 1 rings (SSSR count). The minimum Gasteiger partial charge on any atom is -0.508 e. The van der Waals surface area contributed by atoms with Crippen LogP contribution in [-0.2, 0) is 4.79 Å². The highest BCUT2D eigenvalue weighted by Crippen LogP contribution is 2.20. The van der Waals surface area contributed by atoms with Crippen LogP contribution in [0, 0.1) is 0 Å². The molecule has 0 aliphatic heterocycles. The molecular formula is C10H11NO5. The highest BCUT2D eigenvalue weighted by molar-refractivity contribution is 5.86. The van der Waals surface area contributed by atoms with Gasteiger partial charge in [-0.25, -0.2) is 4.79 Å². The van der Waals surface area contributed by atoms with Crippen LogP contribution in [0.15, 0.2) is 23.2 Å². The Kier molecular flexibility index (Phi) is 3.84. The van der Waals surface area contributed by atoms with Crippen molar-refractivity contribution in [3.8, 4) is 11.5 Å². The van der Waals surface area contributed by atoms with Gasteiger partial charge in [-0.2, -0.15) is 0 Å². The van der Waals surface area contributed by atoms with Crippen molar-refractivity contribution in [2.24, 2.45) is 4.99 Å². The topological polar surface area (TPSA) is 110 Å². The number of aromatic hydroxyl groups is 2. The van der Waals surface area contributed by atoms with Crippen molar-refractivity contribution in [1.29, 1.82) is 0 Å². The van der Waals surface area contributed by atoms with E-state index >= 15 is 0 Å². The summed E-state index contributed by atoms with van der Waals surface area (Å²) in [6.45, 7) is -0.634. The van der Waals surface area contributed by atoms with Gasteiger partial charge in [0.05, 0.1) is 6.61 Å². The molecule has 0 aliphatic rings. The monoisotopic (exact) mass is 225 g/mol. The van der Waals surface area contributed by atoms with Crippen molar-refractivity contribution in [1.82, 2.24) is 0 Å². The van der Waals surface area contributed by atoms with Gasteiger partial charge in [-0.15, -0.1) is 0 Å². The number of aliphatic carboxylic acids is 1. The average molecular weight is 225 g/mol. The van der Waals surface area contributed by atoms with Crippen LogP contribution in [0.4, 0.5) is 0 Å². The normalized spacial score (nSPS) is 12.8. The number of phenolic OH excluding ortho intramolecular Hbond substituents is 2. The fourth-order valence-corrected chi connectivity index (χ4v) is 1.00. The number of nitrogens with zero attached hydrogens (tertiary/aromatic N) is 1. The van der Waals surface area contributed by atoms with Crippen LogP contribution in [0.25, 0.3) is 0 Å². The zero-order chi connectivity index (χ0) is 12.1. The first-order valence-electron chi connectivity index (χ1n) is 4.43. The molecule has 16 heavy (non-hydrogen) atoms. The molecule has 0 aromatic heterocycles. The first-order valence-corrected chi connectivity index (χ1v) is 4.43. The smallest absolute Gasteiger partial charge is 0.330 e. The third kappa shape index (κ3) is 2.96. The number of carboxylic acid groups (broad SMARTS) is 1. The fraction of sp³-hybridized carbons (Fsp3) is 0.200. The van der Waals surface area contributed by atoms with E-state index < -0.39 is 18.6 Å². The largest absolute Gasteiger partial charge is 0.508 e. The van der Waals surface area contributed by atoms with E-state index in [0.717, 1.165) is 6.21 Å². The minimum atomic E-state index is -1.28. The highest BCUT2D eigenvalue weighted by atomic mass is 16.4. The molecule has 0 amide bonds. The predicted octanol–water partition coefficient (Wildman–Crippen LogP) is -0.0378. The Morgan fingerprint density at radius 1 is 1.44 bits per heavy atom. The Morgan fingerprint density at radius 2 is 2.12 bits per heavy atom. The molecule has 0 radical (unpaired) electrons. The van der Waals surface area contributed by atoms with Gasteiger partial charge in [-0.05, 0) is 18.2 Å². The van der Waals surface area contributed by atoms with Gasteiger partial charge in [-0.1, -0.05) is 0 Å². The zero-order valence-electron chi connectivity index (χ0n) is 8.24. The number of carbonyl (C=O) groups is 1. The Labute approximate surface area is 91.1 Å². The molecule has 1 aromatic rings. The molecular weight excluding hydrogens is 214 g/mol. The van der Waals surface area contributed by atoms with Crippen LogP contribution in [-0.4, -0.2) is 45.3 Å². The number of phenols is 2. The van der Waals surface area contributed by atoms with Crippen LogP contribution in [0.5, 0.6) is 11.5 Å². The molecule has 0 unspecified atom stereocenters. The maximum absolute atomic E-state index is 10.5. The Balaban J connectivity index is 2.90. The third-order valence-corrected chi connectivity index (χ3v) is 1.86. The lowest BCUT2D eigenvalue weighted by atomic mass is 10.2. The predicted molar refractivity (Wildman–Crippen MR) is 55.9 cm³/mol. The van der Waals surface area contributed by atoms with Crippen LogP contribution < -0.4 is 0 Å². The minimum absolute atomic E-state index is 0.0740. The molecule has 6 nitrogen and oxygen atoms in total. The summed E-state index contributed by atoms with van der Waals surface area (Å²) < 4.78 is 0. The summed E-state index contributed by atoms with van der Waals surface area (Å²) in [4.78, 5) is 14.1. The second-order valence-electron chi connectivity index (χ2n) is 3.06. The van der Waals surface area contributed by atoms with E-state index in [1.807, 2.05) is 0 Å². The van der Waals surface area contributed by atoms with Crippen molar-refractivity contribution >= 4 is 12.2 Å². The second-order valence-corrected chi connectivity index (χ2v) is 3.06. The lowest BCUT2D eigenvalue weighted by molar-refractivity contribution is -0.139. The van der Waals surface area contributed by atoms with Gasteiger partial charge in [0, 0.05) is 11.8 Å². The summed E-state index contributed by atoms with van der Waals surface area (Å²) in [5, 5.41) is 35.8. The summed E-state index contributed by atoms with van der Waals surface area (Å²) in [6, 6.07) is 2.50. The number of aliphatic hydroxyl groups excluding tert-OH is 1. The van der Waals surface area contributed by atoms with Crippen LogP contribution in [0.1, 0.15) is 5.56 Å². The van der Waals surface area contributed by atoms with Crippen LogP contribution in [0.3, 0.4) is 0 Å². The summed E-state index contributed by atoms with van der Waals surface area (Å²) >= 11 is 0. The molecule has 86 valence electrons. The standard InChI is InChI=1S/C10H11NO5/c12-5-8(10(15)16)11-4-6-3-7(13)1-2-9(6)14/h1-4,8,12-14H,5H2,(H,15,16)/t8-/m0/s1. The molecule has 0 fully saturated rings. The molecule has 6 heteroatoms. The Morgan fingerprint density at radius 3 is 2.69 bits per heavy atom. The van der Waals surface area contributed by atoms with Gasteiger partial charge in [0.2, 0.25) is 0 Å². The average Bonchev–Trinajstić information content (AvgIpc) is 2.23. The molecule has 4 N–H and O–H groups in total. The maximum atomic E-state index is 10.5. The van der Waals surface area contributed by atoms with E-state index in [-0.39, 0.29) is 17.1 Å². The molecule has 0 bridgehead atoms. The van der Waals surface area contributed by atoms with Crippen molar-refractivity contribution in [2.45, 2.75) is 6.04 Å². The third-order valence-electron chi connectivity index (χ3n) is 1.86. The number of rotatable bonds is 4. The van der Waals surface area contributed by atoms with Crippen molar-refractivity contribution in [2.75, 3.05) is 6.61 Å². The van der Waals surface area contributed by atoms with E-state index in [1.54, 1.807) is 0 Å². The number of carboxylic acids is 1. The van der Waals surface area contributed by atoms with Gasteiger partial charge >= 0.3 is 5.97 Å². The SMILES string of the molecule is O=C(O)[C@H](CO)N=Cc1cc(O)ccc1O. The molecule has 1 aromatic carbocycles. The Bertz CT molecular complexity index is 416. The number of benzene rings is 1. The van der Waals surface area contributed by atoms with E-state index in [9.17, 15) is 9.90 Å². The lowest BCUT2D eigenvalue weighted by Crippen LogP contribution is -2.22. The maximum Gasteiger partial charge on any atom is 0.330 e.